The highest BCUT2D eigenvalue weighted by Crippen LogP contribution is 2.56. The Labute approximate surface area is 195 Å². The highest BCUT2D eigenvalue weighted by Gasteiger charge is 2.57. The molecule has 2 aliphatic carbocycles. The van der Waals surface area contributed by atoms with Gasteiger partial charge in [-0.25, -0.2) is 0 Å². The van der Waals surface area contributed by atoms with E-state index in [0.717, 1.165) is 12.8 Å². The lowest BCUT2D eigenvalue weighted by Crippen LogP contribution is -2.68. The molecule has 0 aliphatic heterocycles. The number of allylic oxidation sites excluding steroid dienone is 1. The van der Waals surface area contributed by atoms with E-state index in [0.29, 0.717) is 18.3 Å². The van der Waals surface area contributed by atoms with Crippen molar-refractivity contribution in [3.8, 4) is 0 Å². The van der Waals surface area contributed by atoms with E-state index in [-0.39, 0.29) is 22.3 Å². The molecule has 0 bridgehead atoms. The first-order chi connectivity index (χ1) is 15.1. The summed E-state index contributed by atoms with van der Waals surface area (Å²) in [7, 11) is -2.63. The second-order valence-corrected chi connectivity index (χ2v) is 15.6. The molecule has 0 amide bonds. The van der Waals surface area contributed by atoms with Gasteiger partial charge in [0.05, 0.1) is 6.10 Å². The van der Waals surface area contributed by atoms with Crippen molar-refractivity contribution < 1.29 is 9.22 Å². The first kappa shape index (κ1) is 23.2. The second kappa shape index (κ2) is 8.42. The molecule has 0 heterocycles. The molecule has 4 rings (SSSR count). The van der Waals surface area contributed by atoms with Gasteiger partial charge in [-0.2, -0.15) is 0 Å². The second-order valence-electron chi connectivity index (χ2n) is 11.3. The Morgan fingerprint density at radius 1 is 0.969 bits per heavy atom. The van der Waals surface area contributed by atoms with Gasteiger partial charge in [0, 0.05) is 11.8 Å². The fourth-order valence-corrected chi connectivity index (χ4v) is 10.9. The van der Waals surface area contributed by atoms with E-state index >= 15 is 0 Å². The largest absolute Gasteiger partial charge is 0.404 e. The van der Waals surface area contributed by atoms with Crippen molar-refractivity contribution >= 4 is 24.5 Å². The standard InChI is InChI=1S/C29H38O2Si/c1-21(2)25-20-27(29(6)18-17-22(30)19-26(25)29)31-32(28(3,4)5,23-13-9-7-10-14-23)24-15-11-8-12-16-24/h7-16,19,21,25,27H,17-18,20H2,1-6H3/t25-,27-,29-/m0/s1. The molecular formula is C29H38O2Si. The van der Waals surface area contributed by atoms with Crippen LogP contribution in [0.2, 0.25) is 5.04 Å². The van der Waals surface area contributed by atoms with E-state index in [2.05, 4.69) is 102 Å². The summed E-state index contributed by atoms with van der Waals surface area (Å²) in [5.41, 5.74) is 1.27. The number of benzene rings is 2. The minimum atomic E-state index is -2.63. The highest BCUT2D eigenvalue weighted by molar-refractivity contribution is 6.99. The fourth-order valence-electron chi connectivity index (χ4n) is 6.15. The Hall–Kier alpha value is -1.97. The van der Waals surface area contributed by atoms with Gasteiger partial charge in [-0.15, -0.1) is 0 Å². The van der Waals surface area contributed by atoms with Crippen LogP contribution in [0, 0.1) is 17.3 Å². The molecule has 0 spiro atoms. The average molecular weight is 447 g/mol. The maximum Gasteiger partial charge on any atom is 0.261 e. The normalized spacial score (nSPS) is 26.2. The molecule has 1 fully saturated rings. The third-order valence-electron chi connectivity index (χ3n) is 7.99. The minimum Gasteiger partial charge on any atom is -0.404 e. The van der Waals surface area contributed by atoms with Gasteiger partial charge in [0.25, 0.3) is 8.32 Å². The van der Waals surface area contributed by atoms with Crippen LogP contribution in [0.1, 0.15) is 60.8 Å². The Kier molecular flexibility index (Phi) is 6.11. The summed E-state index contributed by atoms with van der Waals surface area (Å²) in [5, 5.41) is 2.61. The van der Waals surface area contributed by atoms with Gasteiger partial charge >= 0.3 is 0 Å². The van der Waals surface area contributed by atoms with Gasteiger partial charge in [0.15, 0.2) is 5.78 Å². The summed E-state index contributed by atoms with van der Waals surface area (Å²) in [5.74, 6) is 1.20. The summed E-state index contributed by atoms with van der Waals surface area (Å²) in [6, 6.07) is 21.8. The molecule has 3 atom stereocenters. The number of hydrogen-bond donors (Lipinski definition) is 0. The lowest BCUT2D eigenvalue weighted by Gasteiger charge is -2.48. The molecule has 3 heteroatoms. The fraction of sp³-hybridized carbons (Fsp3) is 0.483. The summed E-state index contributed by atoms with van der Waals surface area (Å²) < 4.78 is 7.61. The van der Waals surface area contributed by atoms with Crippen molar-refractivity contribution in [3.05, 3.63) is 72.3 Å². The zero-order valence-electron chi connectivity index (χ0n) is 20.5. The molecule has 2 nitrogen and oxygen atoms in total. The van der Waals surface area contributed by atoms with Crippen LogP contribution in [0.4, 0.5) is 0 Å². The molecule has 170 valence electrons. The topological polar surface area (TPSA) is 26.3 Å². The van der Waals surface area contributed by atoms with E-state index < -0.39 is 8.32 Å². The van der Waals surface area contributed by atoms with Crippen molar-refractivity contribution in [1.82, 2.24) is 0 Å². The van der Waals surface area contributed by atoms with Crippen molar-refractivity contribution in [2.45, 2.75) is 71.9 Å². The number of rotatable bonds is 5. The van der Waals surface area contributed by atoms with E-state index in [9.17, 15) is 4.79 Å². The van der Waals surface area contributed by atoms with E-state index in [1.54, 1.807) is 0 Å². The molecule has 2 aliphatic rings. The first-order valence-corrected chi connectivity index (χ1v) is 14.0. The van der Waals surface area contributed by atoms with Crippen molar-refractivity contribution in [3.63, 3.8) is 0 Å². The zero-order chi connectivity index (χ0) is 23.1. The predicted molar refractivity (Wildman–Crippen MR) is 136 cm³/mol. The maximum absolute atomic E-state index is 12.4. The monoisotopic (exact) mass is 446 g/mol. The van der Waals surface area contributed by atoms with Crippen LogP contribution < -0.4 is 10.4 Å². The number of ketones is 1. The van der Waals surface area contributed by atoms with Crippen LogP contribution in [0.25, 0.3) is 0 Å². The van der Waals surface area contributed by atoms with Crippen LogP contribution in [-0.4, -0.2) is 20.2 Å². The van der Waals surface area contributed by atoms with E-state index in [4.69, 9.17) is 4.43 Å². The smallest absolute Gasteiger partial charge is 0.261 e. The van der Waals surface area contributed by atoms with E-state index in [1.165, 1.54) is 15.9 Å². The molecule has 2 aromatic rings. The van der Waals surface area contributed by atoms with Crippen molar-refractivity contribution in [1.29, 1.82) is 0 Å². The summed E-state index contributed by atoms with van der Waals surface area (Å²) in [6.07, 6.45) is 4.61. The molecule has 0 N–H and O–H groups in total. The average Bonchev–Trinajstić information content (AvgIpc) is 3.04. The van der Waals surface area contributed by atoms with Crippen molar-refractivity contribution in [2.75, 3.05) is 0 Å². The first-order valence-electron chi connectivity index (χ1n) is 12.1. The van der Waals surface area contributed by atoms with Gasteiger partial charge in [-0.3, -0.25) is 4.79 Å². The summed E-state index contributed by atoms with van der Waals surface area (Å²) in [4.78, 5) is 12.4. The maximum atomic E-state index is 12.4. The van der Waals surface area contributed by atoms with Crippen LogP contribution in [0.3, 0.4) is 0 Å². The highest BCUT2D eigenvalue weighted by atomic mass is 28.4. The van der Waals surface area contributed by atoms with Crippen molar-refractivity contribution in [2.24, 2.45) is 17.3 Å². The summed E-state index contributed by atoms with van der Waals surface area (Å²) in [6.45, 7) is 14.0. The summed E-state index contributed by atoms with van der Waals surface area (Å²) >= 11 is 0. The Bertz CT molecular complexity index is 947. The minimum absolute atomic E-state index is 0.0453. The molecule has 1 saturated carbocycles. The lowest BCUT2D eigenvalue weighted by molar-refractivity contribution is -0.116. The van der Waals surface area contributed by atoms with Crippen LogP contribution >= 0.6 is 0 Å². The van der Waals surface area contributed by atoms with Gasteiger partial charge in [-0.05, 0) is 46.2 Å². The SMILES string of the molecule is CC(C)[C@@H]1C[C@H](O[Si](c2ccccc2)(c2ccccc2)C(C)(C)C)[C@@]2(C)CCC(=O)C=C12. The molecule has 0 saturated heterocycles. The quantitative estimate of drug-likeness (QED) is 0.534. The molecule has 0 aromatic heterocycles. The van der Waals surface area contributed by atoms with Gasteiger partial charge in [0.1, 0.15) is 0 Å². The Balaban J connectivity index is 1.89. The van der Waals surface area contributed by atoms with E-state index in [1.807, 2.05) is 6.08 Å². The van der Waals surface area contributed by atoms with Gasteiger partial charge < -0.3 is 4.43 Å². The third kappa shape index (κ3) is 3.74. The molecular weight excluding hydrogens is 408 g/mol. The van der Waals surface area contributed by atoms with Gasteiger partial charge in [0.2, 0.25) is 0 Å². The molecule has 32 heavy (non-hydrogen) atoms. The zero-order valence-corrected chi connectivity index (χ0v) is 21.5. The Morgan fingerprint density at radius 2 is 1.50 bits per heavy atom. The molecule has 2 aromatic carbocycles. The number of hydrogen-bond acceptors (Lipinski definition) is 2. The Morgan fingerprint density at radius 3 is 1.97 bits per heavy atom. The van der Waals surface area contributed by atoms with Crippen LogP contribution in [-0.2, 0) is 9.22 Å². The lowest BCUT2D eigenvalue weighted by atomic mass is 9.72. The number of fused-ring (bicyclic) bond motifs is 1. The van der Waals surface area contributed by atoms with Gasteiger partial charge in [-0.1, -0.05) is 108 Å². The predicted octanol–water partition coefficient (Wildman–Crippen LogP) is 5.90. The van der Waals surface area contributed by atoms with Crippen LogP contribution in [0.15, 0.2) is 72.3 Å². The number of carbonyl (C=O) groups is 1. The molecule has 0 unspecified atom stereocenters. The third-order valence-corrected chi connectivity index (χ3v) is 13.0. The van der Waals surface area contributed by atoms with Crippen LogP contribution in [0.5, 0.6) is 0 Å². The number of carbonyl (C=O) groups excluding carboxylic acids is 1. The molecule has 0 radical (unpaired) electrons.